The Morgan fingerprint density at radius 2 is 1.78 bits per heavy atom. The Morgan fingerprint density at radius 3 is 2.22 bits per heavy atom. The van der Waals surface area contributed by atoms with Gasteiger partial charge in [-0.05, 0) is 44.4 Å². The third kappa shape index (κ3) is 4.00. The first-order chi connectivity index (χ1) is 8.60. The second-order valence-electron chi connectivity index (χ2n) is 4.88. The van der Waals surface area contributed by atoms with Crippen LogP contribution in [-0.4, -0.2) is 29.4 Å². The van der Waals surface area contributed by atoms with Gasteiger partial charge in [0.15, 0.2) is 0 Å². The quantitative estimate of drug-likeness (QED) is 0.783. The average Bonchev–Trinajstić information content (AvgIpc) is 2.38. The van der Waals surface area contributed by atoms with E-state index in [1.165, 1.54) is 0 Å². The molecule has 0 saturated carbocycles. The van der Waals surface area contributed by atoms with Gasteiger partial charge in [-0.2, -0.15) is 0 Å². The van der Waals surface area contributed by atoms with Crippen molar-refractivity contribution in [2.24, 2.45) is 0 Å². The summed E-state index contributed by atoms with van der Waals surface area (Å²) in [5.74, 6) is 0. The highest BCUT2D eigenvalue weighted by Crippen LogP contribution is 2.22. The van der Waals surface area contributed by atoms with Crippen LogP contribution in [-0.2, 0) is 0 Å². The maximum atomic E-state index is 9.76. The normalized spacial score (nSPS) is 12.8. The number of nitrogens with zero attached hydrogens (tertiary/aromatic N) is 1. The molecule has 2 N–H and O–H groups in total. The molecule has 1 aromatic carbocycles. The van der Waals surface area contributed by atoms with Crippen molar-refractivity contribution in [2.75, 3.05) is 18.1 Å². The lowest BCUT2D eigenvalue weighted by molar-refractivity contribution is 0.173. The fraction of sp³-hybridized carbons (Fsp3) is 0.600. The fourth-order valence-corrected chi connectivity index (χ4v) is 2.05. The van der Waals surface area contributed by atoms with Crippen molar-refractivity contribution in [3.05, 3.63) is 29.8 Å². The van der Waals surface area contributed by atoms with E-state index in [1.54, 1.807) is 0 Å². The van der Waals surface area contributed by atoms with Gasteiger partial charge in [-0.15, -0.1) is 0 Å². The molecule has 0 amide bonds. The first-order valence-electron chi connectivity index (χ1n) is 6.75. The van der Waals surface area contributed by atoms with Crippen LogP contribution < -0.4 is 4.90 Å². The highest BCUT2D eigenvalue weighted by molar-refractivity contribution is 5.48. The van der Waals surface area contributed by atoms with E-state index in [0.29, 0.717) is 6.04 Å². The van der Waals surface area contributed by atoms with Gasteiger partial charge in [-0.25, -0.2) is 0 Å². The molecule has 0 bridgehead atoms. The van der Waals surface area contributed by atoms with Crippen molar-refractivity contribution in [3.63, 3.8) is 0 Å². The monoisotopic (exact) mass is 251 g/mol. The van der Waals surface area contributed by atoms with Crippen molar-refractivity contribution in [1.29, 1.82) is 0 Å². The SMILES string of the molecule is CC[C@H](O)c1ccc(N(CCCO)C(C)C)cc1. The maximum Gasteiger partial charge on any atom is 0.0787 e. The second kappa shape index (κ2) is 7.39. The Kier molecular flexibility index (Phi) is 6.16. The van der Waals surface area contributed by atoms with Gasteiger partial charge in [0, 0.05) is 24.9 Å². The van der Waals surface area contributed by atoms with Gasteiger partial charge in [0.25, 0.3) is 0 Å². The van der Waals surface area contributed by atoms with Crippen LogP contribution in [0.3, 0.4) is 0 Å². The zero-order valence-electron chi connectivity index (χ0n) is 11.6. The summed E-state index contributed by atoms with van der Waals surface area (Å²) in [5, 5.41) is 18.7. The Bertz CT molecular complexity index is 335. The molecule has 0 radical (unpaired) electrons. The number of rotatable bonds is 7. The molecular formula is C15H25NO2. The first-order valence-corrected chi connectivity index (χ1v) is 6.75. The topological polar surface area (TPSA) is 43.7 Å². The molecule has 0 aliphatic rings. The number of aliphatic hydroxyl groups excluding tert-OH is 2. The number of hydrogen-bond donors (Lipinski definition) is 2. The summed E-state index contributed by atoms with van der Waals surface area (Å²) in [4.78, 5) is 2.26. The minimum atomic E-state index is -0.371. The zero-order valence-corrected chi connectivity index (χ0v) is 11.6. The molecular weight excluding hydrogens is 226 g/mol. The molecule has 1 aromatic rings. The number of benzene rings is 1. The molecule has 102 valence electrons. The second-order valence-corrected chi connectivity index (χ2v) is 4.88. The van der Waals surface area contributed by atoms with E-state index in [-0.39, 0.29) is 12.7 Å². The molecule has 0 aliphatic heterocycles. The smallest absolute Gasteiger partial charge is 0.0787 e. The van der Waals surface area contributed by atoms with Crippen molar-refractivity contribution >= 4 is 5.69 Å². The van der Waals surface area contributed by atoms with Crippen molar-refractivity contribution in [2.45, 2.75) is 45.8 Å². The first kappa shape index (κ1) is 15.0. The van der Waals surface area contributed by atoms with Crippen LogP contribution in [0.15, 0.2) is 24.3 Å². The van der Waals surface area contributed by atoms with E-state index < -0.39 is 0 Å². The molecule has 0 unspecified atom stereocenters. The number of anilines is 1. The van der Waals surface area contributed by atoms with Crippen molar-refractivity contribution in [3.8, 4) is 0 Å². The zero-order chi connectivity index (χ0) is 13.5. The Balaban J connectivity index is 2.80. The fourth-order valence-electron chi connectivity index (χ4n) is 2.05. The highest BCUT2D eigenvalue weighted by atomic mass is 16.3. The summed E-state index contributed by atoms with van der Waals surface area (Å²) in [6, 6.07) is 8.46. The molecule has 0 saturated heterocycles. The van der Waals surface area contributed by atoms with Crippen LogP contribution in [0.1, 0.15) is 45.3 Å². The predicted molar refractivity (Wildman–Crippen MR) is 75.9 cm³/mol. The standard InChI is InChI=1S/C15H25NO2/c1-4-15(18)13-6-8-14(9-7-13)16(12(2)3)10-5-11-17/h6-9,12,15,17-18H,4-5,10-11H2,1-3H3/t15-/m0/s1. The van der Waals surface area contributed by atoms with E-state index in [2.05, 4.69) is 18.7 Å². The summed E-state index contributed by atoms with van der Waals surface area (Å²) < 4.78 is 0. The van der Waals surface area contributed by atoms with Gasteiger partial charge in [-0.3, -0.25) is 0 Å². The molecule has 0 aromatic heterocycles. The van der Waals surface area contributed by atoms with Gasteiger partial charge in [-0.1, -0.05) is 19.1 Å². The third-order valence-corrected chi connectivity index (χ3v) is 3.18. The van der Waals surface area contributed by atoms with E-state index in [0.717, 1.165) is 30.6 Å². The molecule has 1 rings (SSSR count). The Hall–Kier alpha value is -1.06. The van der Waals surface area contributed by atoms with Crippen LogP contribution in [0, 0.1) is 0 Å². The van der Waals surface area contributed by atoms with Crippen molar-refractivity contribution in [1.82, 2.24) is 0 Å². The lowest BCUT2D eigenvalue weighted by Gasteiger charge is -2.29. The molecule has 0 heterocycles. The van der Waals surface area contributed by atoms with E-state index in [9.17, 15) is 5.11 Å². The lowest BCUT2D eigenvalue weighted by Crippen LogP contribution is -2.32. The minimum Gasteiger partial charge on any atom is -0.396 e. The van der Waals surface area contributed by atoms with Gasteiger partial charge in [0.2, 0.25) is 0 Å². The molecule has 1 atom stereocenters. The number of aliphatic hydroxyl groups is 2. The Labute approximate surface area is 110 Å². The lowest BCUT2D eigenvalue weighted by atomic mass is 10.1. The average molecular weight is 251 g/mol. The summed E-state index contributed by atoms with van der Waals surface area (Å²) in [6.45, 7) is 7.33. The van der Waals surface area contributed by atoms with Gasteiger partial charge >= 0.3 is 0 Å². The maximum absolute atomic E-state index is 9.76. The van der Waals surface area contributed by atoms with E-state index in [1.807, 2.05) is 31.2 Å². The van der Waals surface area contributed by atoms with E-state index >= 15 is 0 Å². The third-order valence-electron chi connectivity index (χ3n) is 3.18. The molecule has 0 spiro atoms. The van der Waals surface area contributed by atoms with Crippen LogP contribution in [0.25, 0.3) is 0 Å². The largest absolute Gasteiger partial charge is 0.396 e. The van der Waals surface area contributed by atoms with Crippen LogP contribution in [0.4, 0.5) is 5.69 Å². The minimum absolute atomic E-state index is 0.218. The molecule has 0 fully saturated rings. The molecule has 3 heteroatoms. The van der Waals surface area contributed by atoms with Gasteiger partial charge < -0.3 is 15.1 Å². The summed E-state index contributed by atoms with van der Waals surface area (Å²) in [6.07, 6.45) is 1.14. The summed E-state index contributed by atoms with van der Waals surface area (Å²) in [7, 11) is 0. The number of hydrogen-bond acceptors (Lipinski definition) is 3. The summed E-state index contributed by atoms with van der Waals surface area (Å²) >= 11 is 0. The molecule has 3 nitrogen and oxygen atoms in total. The van der Waals surface area contributed by atoms with Crippen LogP contribution in [0.2, 0.25) is 0 Å². The van der Waals surface area contributed by atoms with E-state index in [4.69, 9.17) is 5.11 Å². The molecule has 18 heavy (non-hydrogen) atoms. The van der Waals surface area contributed by atoms with Crippen LogP contribution >= 0.6 is 0 Å². The predicted octanol–water partition coefficient (Wildman–Crippen LogP) is 2.73. The Morgan fingerprint density at radius 1 is 1.17 bits per heavy atom. The summed E-state index contributed by atoms with van der Waals surface area (Å²) in [5.41, 5.74) is 2.11. The molecule has 0 aliphatic carbocycles. The van der Waals surface area contributed by atoms with Gasteiger partial charge in [0.1, 0.15) is 0 Å². The van der Waals surface area contributed by atoms with Gasteiger partial charge in [0.05, 0.1) is 6.10 Å². The van der Waals surface area contributed by atoms with Crippen LogP contribution in [0.5, 0.6) is 0 Å². The van der Waals surface area contributed by atoms with Crippen molar-refractivity contribution < 1.29 is 10.2 Å². The highest BCUT2D eigenvalue weighted by Gasteiger charge is 2.11.